The van der Waals surface area contributed by atoms with E-state index in [1.54, 1.807) is 24.5 Å². The van der Waals surface area contributed by atoms with E-state index in [4.69, 9.17) is 0 Å². The fourth-order valence-corrected chi connectivity index (χ4v) is 4.27. The summed E-state index contributed by atoms with van der Waals surface area (Å²) in [5.41, 5.74) is 2.28. The zero-order valence-corrected chi connectivity index (χ0v) is 13.6. The van der Waals surface area contributed by atoms with Gasteiger partial charge in [0.05, 0.1) is 16.4 Å². The summed E-state index contributed by atoms with van der Waals surface area (Å²) in [7, 11) is 0. The van der Waals surface area contributed by atoms with E-state index in [1.807, 2.05) is 17.8 Å². The number of fused-ring (bicyclic) bond motifs is 2. The maximum atomic E-state index is 11.2. The molecular formula is C18H15N3O2S. The second-order valence-corrected chi connectivity index (χ2v) is 6.82. The second-order valence-electron chi connectivity index (χ2n) is 5.68. The zero-order valence-electron chi connectivity index (χ0n) is 12.8. The van der Waals surface area contributed by atoms with Crippen molar-refractivity contribution in [2.24, 2.45) is 0 Å². The summed E-state index contributed by atoms with van der Waals surface area (Å²) < 4.78 is 0. The molecule has 0 radical (unpaired) electrons. The molecule has 0 aliphatic carbocycles. The number of nitrogens with zero attached hydrogens (tertiary/aromatic N) is 2. The van der Waals surface area contributed by atoms with Crippen LogP contribution in [0.25, 0.3) is 10.8 Å². The van der Waals surface area contributed by atoms with Gasteiger partial charge in [-0.25, -0.2) is 0 Å². The van der Waals surface area contributed by atoms with Crippen LogP contribution in [0.2, 0.25) is 0 Å². The molecule has 2 aromatic carbocycles. The molecule has 0 fully saturated rings. The molecule has 120 valence electrons. The van der Waals surface area contributed by atoms with Crippen LogP contribution in [0.15, 0.2) is 59.8 Å². The Balaban J connectivity index is 1.77. The molecule has 1 atom stereocenters. The highest BCUT2D eigenvalue weighted by molar-refractivity contribution is 7.99. The SMILES string of the molecule is O=[N+]([O-])c1ccc(N[C@@H]2CCSc3ccccc32)c2ccncc12. The summed E-state index contributed by atoms with van der Waals surface area (Å²) >= 11 is 1.87. The monoisotopic (exact) mass is 337 g/mol. The van der Waals surface area contributed by atoms with Gasteiger partial charge in [0.15, 0.2) is 0 Å². The fourth-order valence-electron chi connectivity index (χ4n) is 3.14. The lowest BCUT2D eigenvalue weighted by Crippen LogP contribution is -2.16. The predicted molar refractivity (Wildman–Crippen MR) is 96.5 cm³/mol. The molecule has 1 aromatic heterocycles. The molecule has 1 aliphatic rings. The quantitative estimate of drug-likeness (QED) is 0.549. The minimum atomic E-state index is -0.361. The van der Waals surface area contributed by atoms with Crippen molar-refractivity contribution in [3.63, 3.8) is 0 Å². The molecule has 4 rings (SSSR count). The Kier molecular flexibility index (Phi) is 3.82. The van der Waals surface area contributed by atoms with Crippen molar-refractivity contribution in [2.75, 3.05) is 11.1 Å². The number of nitro benzene ring substituents is 1. The number of pyridine rings is 1. The van der Waals surface area contributed by atoms with Gasteiger partial charge in [-0.15, -0.1) is 11.8 Å². The summed E-state index contributed by atoms with van der Waals surface area (Å²) in [6, 6.07) is 13.8. The Morgan fingerprint density at radius 2 is 2.04 bits per heavy atom. The average Bonchev–Trinajstić information content (AvgIpc) is 2.62. The van der Waals surface area contributed by atoms with Gasteiger partial charge < -0.3 is 5.32 Å². The van der Waals surface area contributed by atoms with Gasteiger partial charge in [-0.05, 0) is 30.2 Å². The molecule has 2 heterocycles. The highest BCUT2D eigenvalue weighted by Gasteiger charge is 2.22. The second kappa shape index (κ2) is 6.13. The van der Waals surface area contributed by atoms with Crippen LogP contribution >= 0.6 is 11.8 Å². The normalized spacial score (nSPS) is 16.6. The number of hydrogen-bond acceptors (Lipinski definition) is 5. The number of nitro groups is 1. The number of anilines is 1. The van der Waals surface area contributed by atoms with Crippen LogP contribution in [0.4, 0.5) is 11.4 Å². The maximum absolute atomic E-state index is 11.2. The standard InChI is InChI=1S/C18H15N3O2S/c22-21(23)17-6-5-15(12-7-9-19-11-14(12)17)20-16-8-10-24-18-4-2-1-3-13(16)18/h1-7,9,11,16,20H,8,10H2/t16-/m1/s1. The van der Waals surface area contributed by atoms with E-state index in [2.05, 4.69) is 34.6 Å². The van der Waals surface area contributed by atoms with Gasteiger partial charge in [0.2, 0.25) is 0 Å². The minimum absolute atomic E-state index is 0.0863. The number of benzene rings is 2. The van der Waals surface area contributed by atoms with E-state index in [9.17, 15) is 10.1 Å². The first-order valence-electron chi connectivity index (χ1n) is 7.73. The van der Waals surface area contributed by atoms with Crippen LogP contribution < -0.4 is 5.32 Å². The van der Waals surface area contributed by atoms with Crippen molar-refractivity contribution in [3.8, 4) is 0 Å². The molecule has 6 heteroatoms. The summed E-state index contributed by atoms with van der Waals surface area (Å²) in [4.78, 5) is 16.2. The Bertz CT molecular complexity index is 929. The van der Waals surface area contributed by atoms with Crippen molar-refractivity contribution in [1.29, 1.82) is 0 Å². The van der Waals surface area contributed by atoms with Gasteiger partial charge in [0.1, 0.15) is 0 Å². The van der Waals surface area contributed by atoms with E-state index < -0.39 is 0 Å². The van der Waals surface area contributed by atoms with Gasteiger partial charge in [0, 0.05) is 40.2 Å². The van der Waals surface area contributed by atoms with E-state index in [0.717, 1.165) is 23.2 Å². The smallest absolute Gasteiger partial charge is 0.278 e. The molecular weight excluding hydrogens is 322 g/mol. The van der Waals surface area contributed by atoms with Gasteiger partial charge in [-0.2, -0.15) is 0 Å². The molecule has 3 aromatic rings. The molecule has 0 unspecified atom stereocenters. The highest BCUT2D eigenvalue weighted by Crippen LogP contribution is 2.39. The third kappa shape index (κ3) is 2.59. The van der Waals surface area contributed by atoms with Crippen LogP contribution in [-0.4, -0.2) is 15.7 Å². The molecule has 0 amide bonds. The van der Waals surface area contributed by atoms with Gasteiger partial charge in [-0.3, -0.25) is 15.1 Å². The first-order chi connectivity index (χ1) is 11.7. The van der Waals surface area contributed by atoms with Crippen molar-refractivity contribution < 1.29 is 4.92 Å². The summed E-state index contributed by atoms with van der Waals surface area (Å²) in [5.74, 6) is 1.06. The third-order valence-corrected chi connectivity index (χ3v) is 5.40. The van der Waals surface area contributed by atoms with E-state index in [0.29, 0.717) is 5.39 Å². The summed E-state index contributed by atoms with van der Waals surface area (Å²) in [5, 5.41) is 16.2. The molecule has 0 saturated carbocycles. The van der Waals surface area contributed by atoms with Crippen molar-refractivity contribution >= 4 is 33.9 Å². The Hall–Kier alpha value is -2.60. The first-order valence-corrected chi connectivity index (χ1v) is 8.72. The lowest BCUT2D eigenvalue weighted by Gasteiger charge is -2.27. The fraction of sp³-hybridized carbons (Fsp3) is 0.167. The summed E-state index contributed by atoms with van der Waals surface area (Å²) in [6.07, 6.45) is 4.25. The number of non-ortho nitro benzene ring substituents is 1. The largest absolute Gasteiger partial charge is 0.378 e. The highest BCUT2D eigenvalue weighted by atomic mass is 32.2. The molecule has 1 aliphatic heterocycles. The molecule has 0 bridgehead atoms. The predicted octanol–water partition coefficient (Wildman–Crippen LogP) is 4.79. The zero-order chi connectivity index (χ0) is 16.5. The Labute approximate surface area is 143 Å². The Morgan fingerprint density at radius 1 is 1.17 bits per heavy atom. The number of hydrogen-bond donors (Lipinski definition) is 1. The molecule has 1 N–H and O–H groups in total. The van der Waals surface area contributed by atoms with Gasteiger partial charge in [0.25, 0.3) is 5.69 Å². The third-order valence-electron chi connectivity index (χ3n) is 4.28. The van der Waals surface area contributed by atoms with Crippen molar-refractivity contribution in [2.45, 2.75) is 17.4 Å². The van der Waals surface area contributed by atoms with Crippen LogP contribution in [0.3, 0.4) is 0 Å². The molecule has 0 saturated heterocycles. The first kappa shape index (κ1) is 15.0. The number of thioether (sulfide) groups is 1. The van der Waals surface area contributed by atoms with Gasteiger partial charge in [-0.1, -0.05) is 18.2 Å². The maximum Gasteiger partial charge on any atom is 0.278 e. The lowest BCUT2D eigenvalue weighted by atomic mass is 10.0. The molecule has 5 nitrogen and oxygen atoms in total. The number of nitrogens with one attached hydrogen (secondary N) is 1. The van der Waals surface area contributed by atoms with Crippen molar-refractivity contribution in [1.82, 2.24) is 4.98 Å². The van der Waals surface area contributed by atoms with E-state index in [-0.39, 0.29) is 16.7 Å². The van der Waals surface area contributed by atoms with E-state index >= 15 is 0 Å². The summed E-state index contributed by atoms with van der Waals surface area (Å²) in [6.45, 7) is 0. The average molecular weight is 337 g/mol. The topological polar surface area (TPSA) is 68.1 Å². The Morgan fingerprint density at radius 3 is 2.92 bits per heavy atom. The number of aromatic nitrogens is 1. The van der Waals surface area contributed by atoms with Crippen LogP contribution in [0, 0.1) is 10.1 Å². The minimum Gasteiger partial charge on any atom is -0.378 e. The molecule has 0 spiro atoms. The van der Waals surface area contributed by atoms with Crippen LogP contribution in [-0.2, 0) is 0 Å². The van der Waals surface area contributed by atoms with Gasteiger partial charge >= 0.3 is 0 Å². The van der Waals surface area contributed by atoms with Crippen LogP contribution in [0.1, 0.15) is 18.0 Å². The number of rotatable bonds is 3. The van der Waals surface area contributed by atoms with Crippen LogP contribution in [0.5, 0.6) is 0 Å². The lowest BCUT2D eigenvalue weighted by molar-refractivity contribution is -0.383. The van der Waals surface area contributed by atoms with Crippen molar-refractivity contribution in [3.05, 3.63) is 70.5 Å². The molecule has 24 heavy (non-hydrogen) atoms. The van der Waals surface area contributed by atoms with E-state index in [1.165, 1.54) is 10.5 Å².